The molecule has 0 fully saturated rings. The molecule has 0 aromatic carbocycles. The zero-order chi connectivity index (χ0) is 10.7. The first-order valence-electron chi connectivity index (χ1n) is 3.56. The summed E-state index contributed by atoms with van der Waals surface area (Å²) >= 11 is 8.56. The number of pyridine rings is 1. The highest BCUT2D eigenvalue weighted by atomic mass is 79.9. The Kier molecular flexibility index (Phi) is 3.78. The average molecular weight is 281 g/mol. The Labute approximate surface area is 92.6 Å². The van der Waals surface area contributed by atoms with E-state index >= 15 is 0 Å². The predicted molar refractivity (Wildman–Crippen MR) is 51.2 cm³/mol. The summed E-state index contributed by atoms with van der Waals surface area (Å²) in [5, 5.41) is 8.31. The molecular weight excluding hydrogens is 277 g/mol. The maximum absolute atomic E-state index is 12.3. The van der Waals surface area contributed by atoms with Gasteiger partial charge in [0, 0.05) is 5.56 Å². The van der Waals surface area contributed by atoms with Crippen molar-refractivity contribution in [2.45, 2.75) is 12.8 Å². The second kappa shape index (κ2) is 4.67. The lowest BCUT2D eigenvalue weighted by molar-refractivity contribution is 0.146. The van der Waals surface area contributed by atoms with E-state index in [0.717, 1.165) is 0 Å². The molecule has 6 heteroatoms. The van der Waals surface area contributed by atoms with Crippen LogP contribution in [-0.2, 0) is 6.42 Å². The number of nitrogens with zero attached hydrogens (tertiary/aromatic N) is 2. The highest BCUT2D eigenvalue weighted by molar-refractivity contribution is 9.10. The summed E-state index contributed by atoms with van der Waals surface area (Å²) in [4.78, 5) is 3.57. The van der Waals surface area contributed by atoms with Crippen molar-refractivity contribution in [3.63, 3.8) is 0 Å². The highest BCUT2D eigenvalue weighted by Crippen LogP contribution is 2.29. The number of aromatic nitrogens is 1. The van der Waals surface area contributed by atoms with Crippen molar-refractivity contribution in [3.05, 3.63) is 26.9 Å². The van der Waals surface area contributed by atoms with Crippen LogP contribution in [0.1, 0.15) is 17.7 Å². The minimum absolute atomic E-state index is 0.0802. The predicted octanol–water partition coefficient (Wildman–Crippen LogP) is 3.50. The van der Waals surface area contributed by atoms with E-state index in [1.807, 2.05) is 6.07 Å². The molecule has 1 rings (SSSR count). The molecule has 0 atom stereocenters. The molecule has 0 aliphatic rings. The van der Waals surface area contributed by atoms with Gasteiger partial charge in [-0.3, -0.25) is 0 Å². The number of alkyl halides is 2. The average Bonchev–Trinajstić information content (AvgIpc) is 2.10. The van der Waals surface area contributed by atoms with Gasteiger partial charge in [0.15, 0.2) is 0 Å². The minimum atomic E-state index is -2.71. The highest BCUT2D eigenvalue weighted by Gasteiger charge is 2.16. The maximum Gasteiger partial charge on any atom is 0.281 e. The van der Waals surface area contributed by atoms with Gasteiger partial charge < -0.3 is 0 Å². The first-order valence-corrected chi connectivity index (χ1v) is 4.73. The third kappa shape index (κ3) is 2.40. The number of hydrogen-bond acceptors (Lipinski definition) is 2. The summed E-state index contributed by atoms with van der Waals surface area (Å²) < 4.78 is 24.8. The lowest BCUT2D eigenvalue weighted by Gasteiger charge is -2.05. The fourth-order valence-electron chi connectivity index (χ4n) is 0.880. The van der Waals surface area contributed by atoms with Crippen LogP contribution >= 0.6 is 27.5 Å². The summed E-state index contributed by atoms with van der Waals surface area (Å²) in [6, 6.07) is 3.21. The summed E-state index contributed by atoms with van der Waals surface area (Å²) in [5.41, 5.74) is 0.0298. The van der Waals surface area contributed by atoms with Crippen molar-refractivity contribution < 1.29 is 8.78 Å². The van der Waals surface area contributed by atoms with Crippen molar-refractivity contribution >= 4 is 27.5 Å². The van der Waals surface area contributed by atoms with Gasteiger partial charge in [-0.2, -0.15) is 5.26 Å². The first-order chi connectivity index (χ1) is 6.56. The first kappa shape index (κ1) is 11.3. The lowest BCUT2D eigenvalue weighted by Crippen LogP contribution is -1.96. The quantitative estimate of drug-likeness (QED) is 0.778. The number of hydrogen-bond donors (Lipinski definition) is 0. The molecule has 0 saturated carbocycles. The maximum atomic E-state index is 12.3. The Hall–Kier alpha value is -0.730. The Bertz CT molecular complexity index is 390. The van der Waals surface area contributed by atoms with E-state index in [2.05, 4.69) is 20.9 Å². The van der Waals surface area contributed by atoms with Crippen LogP contribution in [0.5, 0.6) is 0 Å². The second-order valence-corrected chi connectivity index (χ2v) is 3.60. The molecular formula is C8H4BrClF2N2. The SMILES string of the molecule is N#CCc1cc(Cl)c(C(F)F)nc1Br. The summed E-state index contributed by atoms with van der Waals surface area (Å²) in [6.07, 6.45) is -2.63. The van der Waals surface area contributed by atoms with Gasteiger partial charge in [-0.05, 0) is 22.0 Å². The molecule has 0 aliphatic carbocycles. The smallest absolute Gasteiger partial charge is 0.238 e. The molecule has 0 radical (unpaired) electrons. The van der Waals surface area contributed by atoms with Crippen LogP contribution in [0, 0.1) is 11.3 Å². The summed E-state index contributed by atoms with van der Waals surface area (Å²) in [6.45, 7) is 0. The fourth-order valence-corrected chi connectivity index (χ4v) is 1.58. The van der Waals surface area contributed by atoms with Gasteiger partial charge in [-0.15, -0.1) is 0 Å². The standard InChI is InChI=1S/C8H4BrClF2N2/c9-7-4(1-2-13)3-5(10)6(14-7)8(11)12/h3,8H,1H2. The molecule has 1 heterocycles. The normalized spacial score (nSPS) is 10.3. The van der Waals surface area contributed by atoms with Crippen LogP contribution in [0.2, 0.25) is 5.02 Å². The van der Waals surface area contributed by atoms with Crippen molar-refractivity contribution in [1.82, 2.24) is 4.98 Å². The molecule has 0 N–H and O–H groups in total. The topological polar surface area (TPSA) is 36.7 Å². The van der Waals surface area contributed by atoms with Crippen LogP contribution in [0.25, 0.3) is 0 Å². The number of nitriles is 1. The van der Waals surface area contributed by atoms with Gasteiger partial charge in [-0.25, -0.2) is 13.8 Å². The molecule has 14 heavy (non-hydrogen) atoms. The second-order valence-electron chi connectivity index (χ2n) is 2.44. The van der Waals surface area contributed by atoms with E-state index in [1.54, 1.807) is 0 Å². The molecule has 0 bridgehead atoms. The zero-order valence-electron chi connectivity index (χ0n) is 6.77. The van der Waals surface area contributed by atoms with E-state index in [-0.39, 0.29) is 16.0 Å². The van der Waals surface area contributed by atoms with Crippen LogP contribution in [0.3, 0.4) is 0 Å². The molecule has 2 nitrogen and oxygen atoms in total. The minimum Gasteiger partial charge on any atom is -0.238 e. The van der Waals surface area contributed by atoms with Crippen LogP contribution < -0.4 is 0 Å². The molecule has 0 spiro atoms. The molecule has 0 amide bonds. The van der Waals surface area contributed by atoms with Crippen molar-refractivity contribution in [3.8, 4) is 6.07 Å². The summed E-state index contributed by atoms with van der Waals surface area (Å²) in [7, 11) is 0. The Morgan fingerprint density at radius 2 is 2.29 bits per heavy atom. The van der Waals surface area contributed by atoms with Crippen LogP contribution in [0.4, 0.5) is 8.78 Å². The zero-order valence-corrected chi connectivity index (χ0v) is 9.11. The Balaban J connectivity index is 3.18. The van der Waals surface area contributed by atoms with Gasteiger partial charge in [0.1, 0.15) is 10.3 Å². The van der Waals surface area contributed by atoms with Crippen molar-refractivity contribution in [2.75, 3.05) is 0 Å². The molecule has 0 unspecified atom stereocenters. The van der Waals surface area contributed by atoms with Crippen molar-refractivity contribution in [1.29, 1.82) is 5.26 Å². The van der Waals surface area contributed by atoms with E-state index in [4.69, 9.17) is 16.9 Å². The fraction of sp³-hybridized carbons (Fsp3) is 0.250. The van der Waals surface area contributed by atoms with Gasteiger partial charge in [-0.1, -0.05) is 11.6 Å². The number of halogens is 4. The van der Waals surface area contributed by atoms with E-state index < -0.39 is 12.1 Å². The lowest BCUT2D eigenvalue weighted by atomic mass is 10.2. The van der Waals surface area contributed by atoms with E-state index in [9.17, 15) is 8.78 Å². The summed E-state index contributed by atoms with van der Waals surface area (Å²) in [5.74, 6) is 0. The van der Waals surface area contributed by atoms with Gasteiger partial charge >= 0.3 is 0 Å². The molecule has 1 aromatic rings. The van der Waals surface area contributed by atoms with E-state index in [1.165, 1.54) is 6.07 Å². The molecule has 1 aromatic heterocycles. The monoisotopic (exact) mass is 280 g/mol. The van der Waals surface area contributed by atoms with Crippen LogP contribution in [-0.4, -0.2) is 4.98 Å². The van der Waals surface area contributed by atoms with E-state index in [0.29, 0.717) is 5.56 Å². The molecule has 0 saturated heterocycles. The molecule has 0 aliphatic heterocycles. The van der Waals surface area contributed by atoms with Crippen molar-refractivity contribution in [2.24, 2.45) is 0 Å². The van der Waals surface area contributed by atoms with Crippen LogP contribution in [0.15, 0.2) is 10.7 Å². The largest absolute Gasteiger partial charge is 0.281 e. The third-order valence-corrected chi connectivity index (χ3v) is 2.49. The number of rotatable bonds is 2. The van der Waals surface area contributed by atoms with Gasteiger partial charge in [0.25, 0.3) is 6.43 Å². The van der Waals surface area contributed by atoms with Gasteiger partial charge in [0.05, 0.1) is 17.5 Å². The molecule has 74 valence electrons. The third-order valence-electron chi connectivity index (χ3n) is 1.51. The Morgan fingerprint density at radius 3 is 2.79 bits per heavy atom. The Morgan fingerprint density at radius 1 is 1.64 bits per heavy atom. The van der Waals surface area contributed by atoms with Gasteiger partial charge in [0.2, 0.25) is 0 Å².